The van der Waals surface area contributed by atoms with E-state index in [1.807, 2.05) is 6.07 Å². The van der Waals surface area contributed by atoms with Gasteiger partial charge in [-0.15, -0.1) is 0 Å². The van der Waals surface area contributed by atoms with Crippen LogP contribution in [0, 0.1) is 5.41 Å². The lowest BCUT2D eigenvalue weighted by atomic mass is 9.84. The fourth-order valence-electron chi connectivity index (χ4n) is 1.21. The van der Waals surface area contributed by atoms with E-state index in [4.69, 9.17) is 10.8 Å². The van der Waals surface area contributed by atoms with Gasteiger partial charge in [0.1, 0.15) is 0 Å². The number of nitrogens with two attached hydrogens (primary N) is 1. The van der Waals surface area contributed by atoms with Crippen molar-refractivity contribution in [2.75, 3.05) is 0 Å². The molecule has 1 aromatic heterocycles. The van der Waals surface area contributed by atoms with E-state index in [9.17, 15) is 0 Å². The molecule has 0 spiro atoms. The molecule has 3 N–H and O–H groups in total. The molecule has 0 saturated carbocycles. The molecule has 0 bridgehead atoms. The monoisotopic (exact) mass is 194 g/mol. The standard InChI is InChI=1S/C11H18N2O/c1-11(2,3)10(12)8-4-5-9(7-14)13-6-8/h4-6,10,14H,7,12H2,1-3H3. The highest BCUT2D eigenvalue weighted by molar-refractivity contribution is 5.18. The van der Waals surface area contributed by atoms with Gasteiger partial charge >= 0.3 is 0 Å². The lowest BCUT2D eigenvalue weighted by Gasteiger charge is -2.27. The van der Waals surface area contributed by atoms with Crippen molar-refractivity contribution in [2.45, 2.75) is 33.4 Å². The van der Waals surface area contributed by atoms with Crippen molar-refractivity contribution >= 4 is 0 Å². The van der Waals surface area contributed by atoms with E-state index in [0.717, 1.165) is 5.56 Å². The van der Waals surface area contributed by atoms with E-state index >= 15 is 0 Å². The van der Waals surface area contributed by atoms with Crippen LogP contribution in [-0.2, 0) is 6.61 Å². The van der Waals surface area contributed by atoms with Crippen molar-refractivity contribution in [3.63, 3.8) is 0 Å². The minimum Gasteiger partial charge on any atom is -0.390 e. The first kappa shape index (κ1) is 11.1. The largest absolute Gasteiger partial charge is 0.390 e. The summed E-state index contributed by atoms with van der Waals surface area (Å²) in [5.41, 5.74) is 7.78. The number of aromatic nitrogens is 1. The van der Waals surface area contributed by atoms with Crippen LogP contribution in [0.25, 0.3) is 0 Å². The van der Waals surface area contributed by atoms with Crippen LogP contribution in [0.15, 0.2) is 18.3 Å². The van der Waals surface area contributed by atoms with E-state index in [0.29, 0.717) is 5.69 Å². The fraction of sp³-hybridized carbons (Fsp3) is 0.545. The topological polar surface area (TPSA) is 59.1 Å². The summed E-state index contributed by atoms with van der Waals surface area (Å²) in [6, 6.07) is 3.71. The maximum Gasteiger partial charge on any atom is 0.0852 e. The second kappa shape index (κ2) is 4.07. The summed E-state index contributed by atoms with van der Waals surface area (Å²) in [6.45, 7) is 6.26. The van der Waals surface area contributed by atoms with Crippen molar-refractivity contribution in [1.82, 2.24) is 4.98 Å². The van der Waals surface area contributed by atoms with Gasteiger partial charge in [-0.3, -0.25) is 4.98 Å². The summed E-state index contributed by atoms with van der Waals surface area (Å²) in [5, 5.41) is 8.83. The Bertz CT molecular complexity index is 287. The predicted molar refractivity (Wildman–Crippen MR) is 56.5 cm³/mol. The average molecular weight is 194 g/mol. The van der Waals surface area contributed by atoms with Crippen LogP contribution in [0.3, 0.4) is 0 Å². The smallest absolute Gasteiger partial charge is 0.0852 e. The number of rotatable bonds is 2. The maximum absolute atomic E-state index is 8.83. The average Bonchev–Trinajstić information content (AvgIpc) is 2.15. The molecule has 14 heavy (non-hydrogen) atoms. The number of pyridine rings is 1. The zero-order chi connectivity index (χ0) is 10.8. The highest BCUT2D eigenvalue weighted by Crippen LogP contribution is 2.29. The number of nitrogens with zero attached hydrogens (tertiary/aromatic N) is 1. The van der Waals surface area contributed by atoms with Gasteiger partial charge in [-0.2, -0.15) is 0 Å². The minimum absolute atomic E-state index is 0.0228. The van der Waals surface area contributed by atoms with Crippen molar-refractivity contribution in [2.24, 2.45) is 11.1 Å². The minimum atomic E-state index is -0.0252. The Hall–Kier alpha value is -0.930. The number of hydrogen-bond acceptors (Lipinski definition) is 3. The summed E-state index contributed by atoms with van der Waals surface area (Å²) in [4.78, 5) is 4.10. The molecule has 0 amide bonds. The molecule has 0 aromatic carbocycles. The molecule has 0 fully saturated rings. The lowest BCUT2D eigenvalue weighted by molar-refractivity contribution is 0.276. The molecule has 3 heteroatoms. The Morgan fingerprint density at radius 2 is 2.07 bits per heavy atom. The first-order valence-corrected chi connectivity index (χ1v) is 4.76. The zero-order valence-electron chi connectivity index (χ0n) is 8.99. The van der Waals surface area contributed by atoms with Gasteiger partial charge in [0, 0.05) is 12.2 Å². The normalized spacial score (nSPS) is 14.1. The van der Waals surface area contributed by atoms with Crippen LogP contribution in [-0.4, -0.2) is 10.1 Å². The maximum atomic E-state index is 8.83. The Balaban J connectivity index is 2.87. The van der Waals surface area contributed by atoms with Crippen molar-refractivity contribution in [3.05, 3.63) is 29.6 Å². The van der Waals surface area contributed by atoms with Gasteiger partial charge in [-0.05, 0) is 17.0 Å². The van der Waals surface area contributed by atoms with Crippen molar-refractivity contribution in [1.29, 1.82) is 0 Å². The van der Waals surface area contributed by atoms with Crippen LogP contribution >= 0.6 is 0 Å². The molecular formula is C11H18N2O. The van der Waals surface area contributed by atoms with Crippen molar-refractivity contribution < 1.29 is 5.11 Å². The molecule has 0 saturated heterocycles. The van der Waals surface area contributed by atoms with Gasteiger partial charge in [0.25, 0.3) is 0 Å². The molecule has 1 atom stereocenters. The highest BCUT2D eigenvalue weighted by atomic mass is 16.3. The Morgan fingerprint density at radius 1 is 1.43 bits per heavy atom. The lowest BCUT2D eigenvalue weighted by Crippen LogP contribution is -2.26. The molecular weight excluding hydrogens is 176 g/mol. The summed E-state index contributed by atoms with van der Waals surface area (Å²) in [7, 11) is 0. The summed E-state index contributed by atoms with van der Waals surface area (Å²) < 4.78 is 0. The van der Waals surface area contributed by atoms with Gasteiger partial charge in [0.05, 0.1) is 12.3 Å². The highest BCUT2D eigenvalue weighted by Gasteiger charge is 2.22. The van der Waals surface area contributed by atoms with Crippen LogP contribution in [0.2, 0.25) is 0 Å². The van der Waals surface area contributed by atoms with Crippen LogP contribution in [0.4, 0.5) is 0 Å². The third-order valence-corrected chi connectivity index (χ3v) is 2.30. The summed E-state index contributed by atoms with van der Waals surface area (Å²) >= 11 is 0. The molecule has 0 radical (unpaired) electrons. The third-order valence-electron chi connectivity index (χ3n) is 2.30. The van der Waals surface area contributed by atoms with Gasteiger partial charge in [0.15, 0.2) is 0 Å². The Kier molecular flexibility index (Phi) is 3.24. The summed E-state index contributed by atoms with van der Waals surface area (Å²) in [6.07, 6.45) is 1.74. The van der Waals surface area contributed by atoms with E-state index in [1.165, 1.54) is 0 Å². The molecule has 1 rings (SSSR count). The second-order valence-corrected chi connectivity index (χ2v) is 4.58. The van der Waals surface area contributed by atoms with E-state index in [1.54, 1.807) is 12.3 Å². The zero-order valence-corrected chi connectivity index (χ0v) is 8.99. The summed E-state index contributed by atoms with van der Waals surface area (Å²) in [5.74, 6) is 0. The quantitative estimate of drug-likeness (QED) is 0.752. The number of aliphatic hydroxyl groups is 1. The first-order chi connectivity index (χ1) is 6.45. The molecule has 0 aliphatic carbocycles. The Labute approximate surface area is 85.0 Å². The van der Waals surface area contributed by atoms with Crippen LogP contribution in [0.5, 0.6) is 0 Å². The predicted octanol–water partition coefficient (Wildman–Crippen LogP) is 1.62. The van der Waals surface area contributed by atoms with Crippen LogP contribution in [0.1, 0.15) is 38.1 Å². The van der Waals surface area contributed by atoms with Gasteiger partial charge < -0.3 is 10.8 Å². The fourth-order valence-corrected chi connectivity index (χ4v) is 1.21. The molecule has 3 nitrogen and oxygen atoms in total. The van der Waals surface area contributed by atoms with Crippen LogP contribution < -0.4 is 5.73 Å². The molecule has 1 heterocycles. The second-order valence-electron chi connectivity index (χ2n) is 4.58. The van der Waals surface area contributed by atoms with Gasteiger partial charge in [0.2, 0.25) is 0 Å². The molecule has 1 unspecified atom stereocenters. The Morgan fingerprint density at radius 3 is 2.43 bits per heavy atom. The third kappa shape index (κ3) is 2.53. The first-order valence-electron chi connectivity index (χ1n) is 4.76. The van der Waals surface area contributed by atoms with E-state index in [2.05, 4.69) is 25.8 Å². The SMILES string of the molecule is CC(C)(C)C(N)c1ccc(CO)nc1. The number of hydrogen-bond donors (Lipinski definition) is 2. The van der Waals surface area contributed by atoms with Crippen molar-refractivity contribution in [3.8, 4) is 0 Å². The van der Waals surface area contributed by atoms with E-state index < -0.39 is 0 Å². The molecule has 78 valence electrons. The molecule has 0 aliphatic heterocycles. The number of aliphatic hydroxyl groups excluding tert-OH is 1. The molecule has 1 aromatic rings. The van der Waals surface area contributed by atoms with E-state index in [-0.39, 0.29) is 18.1 Å². The molecule has 0 aliphatic rings. The van der Waals surface area contributed by atoms with Gasteiger partial charge in [-0.1, -0.05) is 26.8 Å². The van der Waals surface area contributed by atoms with Gasteiger partial charge in [-0.25, -0.2) is 0 Å².